The van der Waals surface area contributed by atoms with Crippen LogP contribution in [0.3, 0.4) is 0 Å². The predicted molar refractivity (Wildman–Crippen MR) is 102 cm³/mol. The Morgan fingerprint density at radius 2 is 1.80 bits per heavy atom. The minimum atomic E-state index is -0.763. The third-order valence-electron chi connectivity index (χ3n) is 4.45. The minimum Gasteiger partial charge on any atom is -0.353 e. The number of nitrogens with zero attached hydrogens (tertiary/aromatic N) is 5. The number of nitrogens with one attached hydrogen (secondary N) is 1. The SMILES string of the molecule is COC(CCCC(=O)NCc1ccc(-c2nncnn2)cc1)ON1C(=O)CCC1=O. The van der Waals surface area contributed by atoms with Crippen LogP contribution < -0.4 is 5.32 Å². The summed E-state index contributed by atoms with van der Waals surface area (Å²) >= 11 is 0. The van der Waals surface area contributed by atoms with Crippen molar-refractivity contribution in [3.8, 4) is 11.4 Å². The standard InChI is InChI=1S/C19H22N6O5/c1-29-18(30-25-16(27)9-10-17(25)28)4-2-3-15(26)20-11-13-5-7-14(8-6-13)19-23-21-12-22-24-19/h5-8,12,18H,2-4,9-11H2,1H3,(H,20,26). The molecule has 1 fully saturated rings. The van der Waals surface area contributed by atoms with Gasteiger partial charge in [0.25, 0.3) is 11.8 Å². The second-order valence-electron chi connectivity index (χ2n) is 6.59. The summed E-state index contributed by atoms with van der Waals surface area (Å²) in [6, 6.07) is 7.40. The number of hydrogen-bond acceptors (Lipinski definition) is 9. The van der Waals surface area contributed by atoms with Gasteiger partial charge in [-0.3, -0.25) is 14.4 Å². The highest BCUT2D eigenvalue weighted by atomic mass is 16.8. The molecule has 2 heterocycles. The van der Waals surface area contributed by atoms with Crippen molar-refractivity contribution in [2.24, 2.45) is 0 Å². The maximum absolute atomic E-state index is 12.1. The van der Waals surface area contributed by atoms with Crippen LogP contribution in [0.4, 0.5) is 0 Å². The van der Waals surface area contributed by atoms with Gasteiger partial charge in [-0.1, -0.05) is 24.3 Å². The largest absolute Gasteiger partial charge is 0.353 e. The molecule has 1 aliphatic heterocycles. The van der Waals surface area contributed by atoms with Crippen LogP contribution in [0.2, 0.25) is 0 Å². The molecule has 0 aliphatic carbocycles. The molecule has 1 N–H and O–H groups in total. The fourth-order valence-corrected chi connectivity index (χ4v) is 2.81. The Kier molecular flexibility index (Phi) is 7.46. The first-order chi connectivity index (χ1) is 14.6. The highest BCUT2D eigenvalue weighted by Crippen LogP contribution is 2.17. The van der Waals surface area contributed by atoms with Crippen molar-refractivity contribution in [1.82, 2.24) is 30.8 Å². The number of hydroxylamine groups is 2. The molecule has 2 aromatic rings. The number of benzene rings is 1. The van der Waals surface area contributed by atoms with E-state index in [1.165, 1.54) is 13.4 Å². The van der Waals surface area contributed by atoms with Crippen LogP contribution in [0, 0.1) is 0 Å². The first kappa shape index (κ1) is 21.4. The molecule has 1 aliphatic rings. The normalized spacial score (nSPS) is 14.8. The van der Waals surface area contributed by atoms with Crippen LogP contribution >= 0.6 is 0 Å². The average molecular weight is 414 g/mol. The third-order valence-corrected chi connectivity index (χ3v) is 4.45. The zero-order chi connectivity index (χ0) is 21.3. The summed E-state index contributed by atoms with van der Waals surface area (Å²) in [6.07, 6.45) is 1.90. The van der Waals surface area contributed by atoms with E-state index in [2.05, 4.69) is 25.7 Å². The quantitative estimate of drug-likeness (QED) is 0.441. The summed E-state index contributed by atoms with van der Waals surface area (Å²) in [5.41, 5.74) is 1.71. The van der Waals surface area contributed by atoms with Gasteiger partial charge in [-0.05, 0) is 12.0 Å². The van der Waals surface area contributed by atoms with E-state index < -0.39 is 6.29 Å². The van der Waals surface area contributed by atoms with Crippen LogP contribution in [0.1, 0.15) is 37.7 Å². The second kappa shape index (κ2) is 10.5. The summed E-state index contributed by atoms with van der Waals surface area (Å²) in [6.45, 7) is 0.381. The van der Waals surface area contributed by atoms with Crippen molar-refractivity contribution in [2.45, 2.75) is 44.9 Å². The van der Waals surface area contributed by atoms with Gasteiger partial charge in [-0.2, -0.15) is 5.06 Å². The van der Waals surface area contributed by atoms with Crippen molar-refractivity contribution in [3.05, 3.63) is 36.2 Å². The number of carbonyl (C=O) groups excluding carboxylic acids is 3. The molecule has 11 nitrogen and oxygen atoms in total. The van der Waals surface area contributed by atoms with Crippen molar-refractivity contribution < 1.29 is 24.0 Å². The molecule has 158 valence electrons. The van der Waals surface area contributed by atoms with E-state index in [1.54, 1.807) is 0 Å². The van der Waals surface area contributed by atoms with E-state index in [-0.39, 0.29) is 37.0 Å². The zero-order valence-corrected chi connectivity index (χ0v) is 16.5. The molecular formula is C19H22N6O5. The highest BCUT2D eigenvalue weighted by molar-refractivity contribution is 6.00. The van der Waals surface area contributed by atoms with Gasteiger partial charge in [0.15, 0.2) is 12.6 Å². The maximum Gasteiger partial charge on any atom is 0.254 e. The molecule has 0 spiro atoms. The Morgan fingerprint density at radius 3 is 2.43 bits per heavy atom. The molecule has 1 aromatic carbocycles. The smallest absolute Gasteiger partial charge is 0.254 e. The van der Waals surface area contributed by atoms with Gasteiger partial charge in [-0.25, -0.2) is 4.84 Å². The van der Waals surface area contributed by atoms with Crippen LogP contribution in [-0.4, -0.2) is 56.6 Å². The van der Waals surface area contributed by atoms with Crippen molar-refractivity contribution in [2.75, 3.05) is 7.11 Å². The number of carbonyl (C=O) groups is 3. The Labute approximate surface area is 172 Å². The number of hydrogen-bond donors (Lipinski definition) is 1. The second-order valence-corrected chi connectivity index (χ2v) is 6.59. The average Bonchev–Trinajstić information content (AvgIpc) is 3.09. The number of rotatable bonds is 10. The van der Waals surface area contributed by atoms with E-state index in [1.807, 2.05) is 24.3 Å². The number of aromatic nitrogens is 4. The summed E-state index contributed by atoms with van der Waals surface area (Å²) in [4.78, 5) is 40.6. The van der Waals surface area contributed by atoms with Crippen LogP contribution in [0.15, 0.2) is 30.6 Å². The monoisotopic (exact) mass is 414 g/mol. The molecule has 30 heavy (non-hydrogen) atoms. The summed E-state index contributed by atoms with van der Waals surface area (Å²) in [5, 5.41) is 18.8. The van der Waals surface area contributed by atoms with Crippen molar-refractivity contribution in [1.29, 1.82) is 0 Å². The molecule has 0 radical (unpaired) electrons. The molecule has 1 unspecified atom stereocenters. The predicted octanol–water partition coefficient (Wildman–Crippen LogP) is 0.773. The summed E-state index contributed by atoms with van der Waals surface area (Å²) < 4.78 is 5.15. The van der Waals surface area contributed by atoms with E-state index in [9.17, 15) is 14.4 Å². The minimum absolute atomic E-state index is 0.123. The zero-order valence-electron chi connectivity index (χ0n) is 16.5. The van der Waals surface area contributed by atoms with Gasteiger partial charge in [0, 0.05) is 44.9 Å². The Hall–Kier alpha value is -3.31. The number of ether oxygens (including phenoxy) is 1. The molecule has 1 saturated heterocycles. The Morgan fingerprint density at radius 1 is 1.13 bits per heavy atom. The molecular weight excluding hydrogens is 392 g/mol. The fraction of sp³-hybridized carbons (Fsp3) is 0.421. The molecule has 3 amide bonds. The van der Waals surface area contributed by atoms with Gasteiger partial charge in [-0.15, -0.1) is 20.4 Å². The first-order valence-electron chi connectivity index (χ1n) is 9.48. The Balaban J connectivity index is 1.38. The van der Waals surface area contributed by atoms with Crippen molar-refractivity contribution in [3.63, 3.8) is 0 Å². The lowest BCUT2D eigenvalue weighted by Crippen LogP contribution is -2.35. The summed E-state index contributed by atoms with van der Waals surface area (Å²) in [7, 11) is 1.42. The van der Waals surface area contributed by atoms with E-state index in [4.69, 9.17) is 9.57 Å². The lowest BCUT2D eigenvalue weighted by Gasteiger charge is -2.20. The van der Waals surface area contributed by atoms with Gasteiger partial charge >= 0.3 is 0 Å². The third kappa shape index (κ3) is 5.84. The van der Waals surface area contributed by atoms with Gasteiger partial charge in [0.05, 0.1) is 0 Å². The Bertz CT molecular complexity index is 861. The van der Waals surface area contributed by atoms with Crippen LogP contribution in [-0.2, 0) is 30.5 Å². The first-order valence-corrected chi connectivity index (χ1v) is 9.48. The van der Waals surface area contributed by atoms with Crippen LogP contribution in [0.25, 0.3) is 11.4 Å². The highest BCUT2D eigenvalue weighted by Gasteiger charge is 2.32. The lowest BCUT2D eigenvalue weighted by atomic mass is 10.1. The number of methoxy groups -OCH3 is 1. The van der Waals surface area contributed by atoms with Gasteiger partial charge in [0.2, 0.25) is 11.7 Å². The molecule has 0 saturated carbocycles. The van der Waals surface area contributed by atoms with E-state index in [0.29, 0.717) is 25.2 Å². The van der Waals surface area contributed by atoms with Crippen LogP contribution in [0.5, 0.6) is 0 Å². The van der Waals surface area contributed by atoms with E-state index >= 15 is 0 Å². The number of amides is 3. The fourth-order valence-electron chi connectivity index (χ4n) is 2.81. The maximum atomic E-state index is 12.1. The molecule has 3 rings (SSSR count). The summed E-state index contributed by atoms with van der Waals surface area (Å²) in [5.74, 6) is -0.447. The van der Waals surface area contributed by atoms with Gasteiger partial charge < -0.3 is 10.1 Å². The topological polar surface area (TPSA) is 136 Å². The van der Waals surface area contributed by atoms with Crippen molar-refractivity contribution >= 4 is 17.7 Å². The lowest BCUT2D eigenvalue weighted by molar-refractivity contribution is -0.253. The molecule has 1 aromatic heterocycles. The van der Waals surface area contributed by atoms with Gasteiger partial charge in [0.1, 0.15) is 0 Å². The molecule has 1 atom stereocenters. The van der Waals surface area contributed by atoms with E-state index in [0.717, 1.165) is 16.2 Å². The number of imide groups is 1. The molecule has 0 bridgehead atoms. The molecule has 11 heteroatoms.